The van der Waals surface area contributed by atoms with Crippen LogP contribution in [0.25, 0.3) is 33.0 Å². The molecule has 3 aliphatic carbocycles. The van der Waals surface area contributed by atoms with Crippen LogP contribution in [-0.2, 0) is 12.4 Å². The highest BCUT2D eigenvalue weighted by molar-refractivity contribution is 5.91. The molecule has 0 N–H and O–H groups in total. The van der Waals surface area contributed by atoms with E-state index < -0.39 is 23.5 Å². The second kappa shape index (κ2) is 9.33. The SMILES string of the molecule is FC(F)(F)c1cc(C(F)(F)F)c2cc3c(cc2c1)C1c2ccc(-c4ccccc4)cc2C3c2ccc(-c3ccccc3)cc21. The second-order valence-corrected chi connectivity index (χ2v) is 11.5. The lowest BCUT2D eigenvalue weighted by Crippen LogP contribution is -2.28. The van der Waals surface area contributed by atoms with Crippen molar-refractivity contribution in [1.29, 1.82) is 0 Å². The molecule has 9 rings (SSSR count). The Morgan fingerprint density at radius 1 is 0.386 bits per heavy atom. The van der Waals surface area contributed by atoms with Gasteiger partial charge >= 0.3 is 12.4 Å². The predicted molar refractivity (Wildman–Crippen MR) is 160 cm³/mol. The van der Waals surface area contributed by atoms with Crippen molar-refractivity contribution in [3.8, 4) is 22.3 Å². The lowest BCUT2D eigenvalue weighted by atomic mass is 9.60. The highest BCUT2D eigenvalue weighted by Crippen LogP contribution is 2.58. The van der Waals surface area contributed by atoms with Crippen LogP contribution >= 0.6 is 0 Å². The monoisotopic (exact) mass is 592 g/mol. The summed E-state index contributed by atoms with van der Waals surface area (Å²) in [5, 5.41) is -0.290. The maximum atomic E-state index is 14.3. The summed E-state index contributed by atoms with van der Waals surface area (Å²) >= 11 is 0. The molecule has 0 amide bonds. The molecule has 2 bridgehead atoms. The number of halogens is 6. The third-order valence-electron chi connectivity index (χ3n) is 9.04. The molecule has 0 saturated heterocycles. The molecular formula is C38H22F6. The average molecular weight is 593 g/mol. The van der Waals surface area contributed by atoms with Crippen LogP contribution in [0.4, 0.5) is 26.3 Å². The van der Waals surface area contributed by atoms with Gasteiger partial charge in [-0.25, -0.2) is 0 Å². The van der Waals surface area contributed by atoms with E-state index >= 15 is 0 Å². The topological polar surface area (TPSA) is 0 Å². The minimum atomic E-state index is -4.96. The van der Waals surface area contributed by atoms with Crippen LogP contribution in [0.3, 0.4) is 0 Å². The molecule has 0 nitrogen and oxygen atoms in total. The summed E-state index contributed by atoms with van der Waals surface area (Å²) in [6.45, 7) is 0. The van der Waals surface area contributed by atoms with Gasteiger partial charge in [0.25, 0.3) is 0 Å². The van der Waals surface area contributed by atoms with Crippen LogP contribution in [0, 0.1) is 0 Å². The zero-order valence-corrected chi connectivity index (χ0v) is 23.0. The van der Waals surface area contributed by atoms with Gasteiger partial charge in [-0.3, -0.25) is 0 Å². The molecule has 216 valence electrons. The molecule has 2 atom stereocenters. The van der Waals surface area contributed by atoms with Gasteiger partial charge in [-0.05, 0) is 103 Å². The summed E-state index contributed by atoms with van der Waals surface area (Å²) in [4.78, 5) is 0. The van der Waals surface area contributed by atoms with E-state index in [2.05, 4.69) is 24.3 Å². The average Bonchev–Trinajstić information content (AvgIpc) is 3.02. The number of fused-ring (bicyclic) bond motifs is 1. The maximum absolute atomic E-state index is 14.3. The molecule has 0 radical (unpaired) electrons. The van der Waals surface area contributed by atoms with Gasteiger partial charge in [0.2, 0.25) is 0 Å². The molecule has 6 aromatic rings. The van der Waals surface area contributed by atoms with Gasteiger partial charge in [-0.1, -0.05) is 84.9 Å². The molecule has 44 heavy (non-hydrogen) atoms. The Morgan fingerprint density at radius 3 is 1.34 bits per heavy atom. The first kappa shape index (κ1) is 26.8. The molecule has 0 fully saturated rings. The van der Waals surface area contributed by atoms with Crippen molar-refractivity contribution in [2.75, 3.05) is 0 Å². The summed E-state index contributed by atoms with van der Waals surface area (Å²) in [7, 11) is 0. The lowest BCUT2D eigenvalue weighted by molar-refractivity contribution is -0.142. The van der Waals surface area contributed by atoms with Crippen LogP contribution in [0.5, 0.6) is 0 Å². The summed E-state index contributed by atoms with van der Waals surface area (Å²) in [5.41, 5.74) is 6.94. The summed E-state index contributed by atoms with van der Waals surface area (Å²) in [5.74, 6) is -0.719. The van der Waals surface area contributed by atoms with Gasteiger partial charge in [0.05, 0.1) is 11.1 Å². The van der Waals surface area contributed by atoms with Crippen LogP contribution < -0.4 is 0 Å². The van der Waals surface area contributed by atoms with E-state index in [1.807, 2.05) is 72.8 Å². The highest BCUT2D eigenvalue weighted by Gasteiger charge is 2.44. The van der Waals surface area contributed by atoms with E-state index in [1.54, 1.807) is 6.07 Å². The molecule has 0 heterocycles. The van der Waals surface area contributed by atoms with E-state index in [-0.39, 0.29) is 28.7 Å². The van der Waals surface area contributed by atoms with E-state index in [1.165, 1.54) is 6.07 Å². The molecule has 3 aliphatic rings. The smallest absolute Gasteiger partial charge is 0.166 e. The van der Waals surface area contributed by atoms with Crippen LogP contribution in [0.1, 0.15) is 56.3 Å². The highest BCUT2D eigenvalue weighted by atomic mass is 19.4. The standard InChI is InChI=1S/C38H22F6/c39-37(40,41)26-15-25-18-32-33(20-29(25)34(19-26)38(42,43)44)36-28-14-12-23(21-7-3-1-4-8-21)16-30(28)35(32)27-13-11-24(17-31(27)36)22-9-5-2-6-10-22/h1-20,35-36H. The largest absolute Gasteiger partial charge is 0.417 e. The van der Waals surface area contributed by atoms with Gasteiger partial charge in [0.1, 0.15) is 0 Å². The zero-order chi connectivity index (χ0) is 30.4. The first-order valence-corrected chi connectivity index (χ1v) is 14.2. The number of hydrogen-bond acceptors (Lipinski definition) is 0. The Kier molecular flexibility index (Phi) is 5.67. The molecular weight excluding hydrogens is 570 g/mol. The lowest BCUT2D eigenvalue weighted by Gasteiger charge is -2.43. The van der Waals surface area contributed by atoms with E-state index in [0.717, 1.165) is 56.1 Å². The van der Waals surface area contributed by atoms with Crippen molar-refractivity contribution in [3.05, 3.63) is 166 Å². The zero-order valence-electron chi connectivity index (χ0n) is 23.0. The molecule has 2 unspecified atom stereocenters. The Hall–Kier alpha value is -4.84. The summed E-state index contributed by atoms with van der Waals surface area (Å²) in [6.07, 6.45) is -9.87. The van der Waals surface area contributed by atoms with Gasteiger partial charge in [-0.2, -0.15) is 26.3 Å². The fourth-order valence-electron chi connectivity index (χ4n) is 7.14. The number of alkyl halides is 6. The third kappa shape index (κ3) is 4.08. The van der Waals surface area contributed by atoms with Crippen LogP contribution in [-0.4, -0.2) is 0 Å². The van der Waals surface area contributed by atoms with Crippen molar-refractivity contribution in [3.63, 3.8) is 0 Å². The molecule has 6 heteroatoms. The summed E-state index contributed by atoms with van der Waals surface area (Å²) in [6, 6.07) is 36.3. The van der Waals surface area contributed by atoms with Gasteiger partial charge in [0, 0.05) is 11.8 Å². The van der Waals surface area contributed by atoms with Crippen molar-refractivity contribution in [2.45, 2.75) is 24.2 Å². The first-order chi connectivity index (χ1) is 21.1. The molecule has 0 saturated carbocycles. The number of benzene rings is 6. The Balaban J connectivity index is 1.41. The maximum Gasteiger partial charge on any atom is 0.417 e. The van der Waals surface area contributed by atoms with E-state index in [4.69, 9.17) is 0 Å². The van der Waals surface area contributed by atoms with Crippen molar-refractivity contribution in [2.24, 2.45) is 0 Å². The van der Waals surface area contributed by atoms with Crippen molar-refractivity contribution < 1.29 is 26.3 Å². The van der Waals surface area contributed by atoms with Crippen LogP contribution in [0.2, 0.25) is 0 Å². The molecule has 0 spiro atoms. The normalized spacial score (nSPS) is 16.9. The quantitative estimate of drug-likeness (QED) is 0.175. The fourth-order valence-corrected chi connectivity index (χ4v) is 7.14. The van der Waals surface area contributed by atoms with Gasteiger partial charge in [-0.15, -0.1) is 0 Å². The van der Waals surface area contributed by atoms with Crippen molar-refractivity contribution in [1.82, 2.24) is 0 Å². The second-order valence-electron chi connectivity index (χ2n) is 11.5. The Morgan fingerprint density at radius 2 is 0.864 bits per heavy atom. The molecule has 0 aliphatic heterocycles. The van der Waals surface area contributed by atoms with E-state index in [0.29, 0.717) is 5.56 Å². The summed E-state index contributed by atoms with van der Waals surface area (Å²) < 4.78 is 84.1. The minimum absolute atomic E-state index is 0.0679. The number of rotatable bonds is 2. The first-order valence-electron chi connectivity index (χ1n) is 14.2. The third-order valence-corrected chi connectivity index (χ3v) is 9.04. The molecule has 6 aromatic carbocycles. The Labute approximate surface area is 249 Å². The Bertz CT molecular complexity index is 2090. The minimum Gasteiger partial charge on any atom is -0.166 e. The van der Waals surface area contributed by atoms with Gasteiger partial charge in [0.15, 0.2) is 0 Å². The van der Waals surface area contributed by atoms with Crippen molar-refractivity contribution >= 4 is 10.8 Å². The van der Waals surface area contributed by atoms with E-state index in [9.17, 15) is 26.3 Å². The number of hydrogen-bond donors (Lipinski definition) is 0. The predicted octanol–water partition coefficient (Wildman–Crippen LogP) is 11.2. The molecule has 0 aromatic heterocycles. The fraction of sp³-hybridized carbons (Fsp3) is 0.105. The van der Waals surface area contributed by atoms with Gasteiger partial charge < -0.3 is 0 Å². The van der Waals surface area contributed by atoms with Crippen LogP contribution in [0.15, 0.2) is 121 Å².